The molecule has 0 bridgehead atoms. The summed E-state index contributed by atoms with van der Waals surface area (Å²) in [6.45, 7) is 2.41. The molecule has 0 saturated carbocycles. The van der Waals surface area contributed by atoms with Gasteiger partial charge < -0.3 is 15.0 Å². The molecule has 1 aromatic heterocycles. The average Bonchev–Trinajstić information content (AvgIpc) is 2.83. The number of ether oxygens (including phenoxy) is 1. The number of nitrogens with two attached hydrogens (primary N) is 1. The fraction of sp³-hybridized carbons (Fsp3) is 0.333. The highest BCUT2D eigenvalue weighted by Crippen LogP contribution is 2.33. The Morgan fingerprint density at radius 2 is 2.05 bits per heavy atom. The molecule has 0 atom stereocenters. The number of rotatable bonds is 4. The standard InChI is InChI=1S/C12H12F3N3O2/c1-2-19-6-10-17-11(20-18-10)7-3-8(12(13,14)15)5-9(16)4-7/h3-5H,2,6,16H2,1H3. The minimum atomic E-state index is -4.49. The molecule has 2 aromatic rings. The first-order valence-corrected chi connectivity index (χ1v) is 5.78. The zero-order valence-electron chi connectivity index (χ0n) is 10.6. The highest BCUT2D eigenvalue weighted by molar-refractivity contribution is 5.62. The lowest BCUT2D eigenvalue weighted by atomic mass is 10.1. The van der Waals surface area contributed by atoms with Crippen molar-refractivity contribution in [3.05, 3.63) is 29.6 Å². The summed E-state index contributed by atoms with van der Waals surface area (Å²) in [5.41, 5.74) is 4.69. The predicted octanol–water partition coefficient (Wildman–Crippen LogP) is 2.87. The van der Waals surface area contributed by atoms with Gasteiger partial charge in [-0.2, -0.15) is 18.2 Å². The van der Waals surface area contributed by atoms with Crippen LogP contribution < -0.4 is 5.73 Å². The molecule has 0 aliphatic rings. The van der Waals surface area contributed by atoms with Gasteiger partial charge in [0.2, 0.25) is 0 Å². The SMILES string of the molecule is CCOCc1noc(-c2cc(N)cc(C(F)(F)F)c2)n1. The topological polar surface area (TPSA) is 74.2 Å². The van der Waals surface area contributed by atoms with E-state index in [1.54, 1.807) is 6.92 Å². The number of halogens is 3. The molecule has 0 saturated heterocycles. The third kappa shape index (κ3) is 3.27. The van der Waals surface area contributed by atoms with Crippen molar-refractivity contribution in [1.29, 1.82) is 0 Å². The van der Waals surface area contributed by atoms with E-state index in [4.69, 9.17) is 15.0 Å². The monoisotopic (exact) mass is 287 g/mol. The van der Waals surface area contributed by atoms with Crippen LogP contribution in [0, 0.1) is 0 Å². The van der Waals surface area contributed by atoms with E-state index in [9.17, 15) is 13.2 Å². The molecule has 0 radical (unpaired) electrons. The Bertz CT molecular complexity index is 596. The van der Waals surface area contributed by atoms with Gasteiger partial charge in [-0.3, -0.25) is 0 Å². The summed E-state index contributed by atoms with van der Waals surface area (Å²) in [7, 11) is 0. The summed E-state index contributed by atoms with van der Waals surface area (Å²) in [4.78, 5) is 3.96. The van der Waals surface area contributed by atoms with Crippen molar-refractivity contribution in [2.24, 2.45) is 0 Å². The molecular weight excluding hydrogens is 275 g/mol. The minimum absolute atomic E-state index is 0.0283. The second-order valence-electron chi connectivity index (χ2n) is 3.99. The number of alkyl halides is 3. The molecule has 0 spiro atoms. The maximum absolute atomic E-state index is 12.7. The number of nitrogen functional groups attached to an aromatic ring is 1. The molecule has 0 fully saturated rings. The van der Waals surface area contributed by atoms with Crippen LogP contribution in [0.25, 0.3) is 11.5 Å². The maximum Gasteiger partial charge on any atom is 0.416 e. The van der Waals surface area contributed by atoms with Crippen LogP contribution >= 0.6 is 0 Å². The predicted molar refractivity (Wildman–Crippen MR) is 64.5 cm³/mol. The molecule has 0 amide bonds. The van der Waals surface area contributed by atoms with E-state index in [-0.39, 0.29) is 29.6 Å². The van der Waals surface area contributed by atoms with Gasteiger partial charge in [-0.15, -0.1) is 0 Å². The van der Waals surface area contributed by atoms with Crippen molar-refractivity contribution in [3.63, 3.8) is 0 Å². The summed E-state index contributed by atoms with van der Waals surface area (Å²) in [5, 5.41) is 3.62. The quantitative estimate of drug-likeness (QED) is 0.875. The normalized spacial score (nSPS) is 11.8. The van der Waals surface area contributed by atoms with E-state index < -0.39 is 11.7 Å². The van der Waals surface area contributed by atoms with Crippen molar-refractivity contribution in [2.75, 3.05) is 12.3 Å². The Morgan fingerprint density at radius 1 is 1.30 bits per heavy atom. The number of hydrogen-bond donors (Lipinski definition) is 1. The van der Waals surface area contributed by atoms with Crippen LogP contribution in [0.15, 0.2) is 22.7 Å². The summed E-state index contributed by atoms with van der Waals surface area (Å²) in [6, 6.07) is 3.10. The van der Waals surface area contributed by atoms with Gasteiger partial charge in [0.05, 0.1) is 5.56 Å². The molecule has 20 heavy (non-hydrogen) atoms. The third-order valence-electron chi connectivity index (χ3n) is 2.43. The van der Waals surface area contributed by atoms with E-state index >= 15 is 0 Å². The Hall–Kier alpha value is -2.09. The molecular formula is C12H12F3N3O2. The molecule has 5 nitrogen and oxygen atoms in total. The summed E-state index contributed by atoms with van der Waals surface area (Å²) < 4.78 is 48.1. The van der Waals surface area contributed by atoms with E-state index in [2.05, 4.69) is 10.1 Å². The molecule has 0 aliphatic heterocycles. The highest BCUT2D eigenvalue weighted by Gasteiger charge is 2.31. The van der Waals surface area contributed by atoms with Gasteiger partial charge in [0.1, 0.15) is 6.61 Å². The van der Waals surface area contributed by atoms with Gasteiger partial charge in [0.15, 0.2) is 5.82 Å². The summed E-state index contributed by atoms with van der Waals surface area (Å²) in [5.74, 6) is 0.232. The minimum Gasteiger partial charge on any atom is -0.399 e. The average molecular weight is 287 g/mol. The van der Waals surface area contributed by atoms with Crippen molar-refractivity contribution >= 4 is 5.69 Å². The first-order chi connectivity index (χ1) is 9.40. The number of benzene rings is 1. The first-order valence-electron chi connectivity index (χ1n) is 5.78. The molecule has 2 N–H and O–H groups in total. The van der Waals surface area contributed by atoms with Crippen LogP contribution in [-0.2, 0) is 17.5 Å². The third-order valence-corrected chi connectivity index (χ3v) is 2.43. The Balaban J connectivity index is 2.32. The fourth-order valence-electron chi connectivity index (χ4n) is 1.56. The van der Waals surface area contributed by atoms with Gasteiger partial charge in [-0.25, -0.2) is 0 Å². The molecule has 8 heteroatoms. The van der Waals surface area contributed by atoms with Crippen molar-refractivity contribution in [1.82, 2.24) is 10.1 Å². The number of hydrogen-bond acceptors (Lipinski definition) is 5. The second kappa shape index (κ2) is 5.49. The molecule has 2 rings (SSSR count). The van der Waals surface area contributed by atoms with Gasteiger partial charge in [0, 0.05) is 17.9 Å². The Morgan fingerprint density at radius 3 is 2.70 bits per heavy atom. The smallest absolute Gasteiger partial charge is 0.399 e. The van der Waals surface area contributed by atoms with Crippen LogP contribution in [0.3, 0.4) is 0 Å². The molecule has 1 heterocycles. The number of nitrogens with zero attached hydrogens (tertiary/aromatic N) is 2. The van der Waals surface area contributed by atoms with Crippen LogP contribution in [0.1, 0.15) is 18.3 Å². The summed E-state index contributed by atoms with van der Waals surface area (Å²) in [6.07, 6.45) is -4.49. The maximum atomic E-state index is 12.7. The molecule has 1 aromatic carbocycles. The van der Waals surface area contributed by atoms with Crippen molar-refractivity contribution < 1.29 is 22.4 Å². The van der Waals surface area contributed by atoms with E-state index in [0.717, 1.165) is 12.1 Å². The van der Waals surface area contributed by atoms with Crippen LogP contribution in [0.2, 0.25) is 0 Å². The lowest BCUT2D eigenvalue weighted by Crippen LogP contribution is -2.06. The lowest BCUT2D eigenvalue weighted by Gasteiger charge is -2.08. The van der Waals surface area contributed by atoms with Crippen LogP contribution in [0.5, 0.6) is 0 Å². The number of aromatic nitrogens is 2. The fourth-order valence-corrected chi connectivity index (χ4v) is 1.56. The second-order valence-corrected chi connectivity index (χ2v) is 3.99. The molecule has 0 unspecified atom stereocenters. The van der Waals surface area contributed by atoms with Crippen LogP contribution in [0.4, 0.5) is 18.9 Å². The lowest BCUT2D eigenvalue weighted by molar-refractivity contribution is -0.137. The Labute approximate surface area is 112 Å². The van der Waals surface area contributed by atoms with Gasteiger partial charge in [0.25, 0.3) is 5.89 Å². The van der Waals surface area contributed by atoms with Crippen LogP contribution in [-0.4, -0.2) is 16.7 Å². The highest BCUT2D eigenvalue weighted by atomic mass is 19.4. The zero-order chi connectivity index (χ0) is 14.8. The van der Waals surface area contributed by atoms with E-state index in [0.29, 0.717) is 6.61 Å². The van der Waals surface area contributed by atoms with Gasteiger partial charge >= 0.3 is 6.18 Å². The first kappa shape index (κ1) is 14.3. The van der Waals surface area contributed by atoms with Gasteiger partial charge in [-0.1, -0.05) is 5.16 Å². The zero-order valence-corrected chi connectivity index (χ0v) is 10.6. The van der Waals surface area contributed by atoms with E-state index in [1.807, 2.05) is 0 Å². The largest absolute Gasteiger partial charge is 0.416 e. The van der Waals surface area contributed by atoms with E-state index in [1.165, 1.54) is 6.07 Å². The summed E-state index contributed by atoms with van der Waals surface area (Å²) >= 11 is 0. The van der Waals surface area contributed by atoms with Gasteiger partial charge in [-0.05, 0) is 25.1 Å². The Kier molecular flexibility index (Phi) is 3.93. The number of anilines is 1. The molecule has 0 aliphatic carbocycles. The van der Waals surface area contributed by atoms with Crippen molar-refractivity contribution in [3.8, 4) is 11.5 Å². The van der Waals surface area contributed by atoms with Crippen molar-refractivity contribution in [2.45, 2.75) is 19.7 Å². The molecule has 108 valence electrons.